The number of aliphatic hydroxyl groups is 1. The highest BCUT2D eigenvalue weighted by molar-refractivity contribution is 5.97. The second-order valence-corrected chi connectivity index (χ2v) is 6.16. The van der Waals surface area contributed by atoms with E-state index in [1.165, 1.54) is 23.1 Å². The molecule has 0 spiro atoms. The zero-order valence-electron chi connectivity index (χ0n) is 13.7. The van der Waals surface area contributed by atoms with Crippen LogP contribution in [0.15, 0.2) is 30.3 Å². The van der Waals surface area contributed by atoms with Gasteiger partial charge in [0.25, 0.3) is 5.91 Å². The van der Waals surface area contributed by atoms with Crippen LogP contribution < -0.4 is 4.74 Å². The maximum Gasteiger partial charge on any atom is 0.387 e. The van der Waals surface area contributed by atoms with E-state index in [-0.39, 0.29) is 23.8 Å². The number of likely N-dealkylation sites (tertiary alicyclic amines) is 1. The van der Waals surface area contributed by atoms with E-state index in [1.807, 2.05) is 13.0 Å². The molecule has 2 heterocycles. The van der Waals surface area contributed by atoms with Gasteiger partial charge in [0.05, 0.1) is 17.4 Å². The van der Waals surface area contributed by atoms with E-state index in [1.54, 1.807) is 6.07 Å². The number of β-amino-alcohol motifs (C(OH)–C–C–N with tert-alkyl or cyclic N) is 1. The first kappa shape index (κ1) is 17.3. The molecular weight excluding hydrogens is 332 g/mol. The van der Waals surface area contributed by atoms with Gasteiger partial charge in [-0.25, -0.2) is 0 Å². The summed E-state index contributed by atoms with van der Waals surface area (Å²) in [6, 6.07) is 7.77. The molecule has 3 rings (SSSR count). The number of benzene rings is 1. The number of aromatic nitrogens is 2. The van der Waals surface area contributed by atoms with Crippen LogP contribution in [0.5, 0.6) is 5.75 Å². The van der Waals surface area contributed by atoms with Crippen LogP contribution >= 0.6 is 0 Å². The fourth-order valence-electron chi connectivity index (χ4n) is 3.08. The summed E-state index contributed by atoms with van der Waals surface area (Å²) in [6.45, 7) is -0.642. The normalized spacial score (nSPS) is 20.3. The summed E-state index contributed by atoms with van der Waals surface area (Å²) in [6.07, 6.45) is -0.158. The second-order valence-electron chi connectivity index (χ2n) is 6.16. The SMILES string of the molecule is Cc1cc(C[C@@H]2CN(C(=O)c3ccccc3OC(F)F)C[C@@H]2O)n[nH]1. The van der Waals surface area contributed by atoms with Gasteiger partial charge in [0.1, 0.15) is 5.75 Å². The highest BCUT2D eigenvalue weighted by atomic mass is 19.3. The molecule has 1 aliphatic rings. The summed E-state index contributed by atoms with van der Waals surface area (Å²) in [5.74, 6) is -0.755. The number of ether oxygens (including phenoxy) is 1. The van der Waals surface area contributed by atoms with Crippen LogP contribution in [-0.4, -0.2) is 51.9 Å². The van der Waals surface area contributed by atoms with E-state index in [9.17, 15) is 18.7 Å². The molecular formula is C17H19F2N3O3. The minimum absolute atomic E-state index is 0.0614. The second kappa shape index (κ2) is 7.18. The number of nitrogens with zero attached hydrogens (tertiary/aromatic N) is 2. The fourth-order valence-corrected chi connectivity index (χ4v) is 3.08. The molecule has 0 saturated carbocycles. The number of halogens is 2. The van der Waals surface area contributed by atoms with Gasteiger partial charge in [-0.3, -0.25) is 9.89 Å². The Morgan fingerprint density at radius 3 is 2.88 bits per heavy atom. The molecule has 0 aliphatic carbocycles. The lowest BCUT2D eigenvalue weighted by Crippen LogP contribution is -2.30. The van der Waals surface area contributed by atoms with Crippen LogP contribution in [0.2, 0.25) is 0 Å². The number of aliphatic hydroxyl groups excluding tert-OH is 1. The molecule has 8 heteroatoms. The van der Waals surface area contributed by atoms with Crippen LogP contribution in [0.1, 0.15) is 21.7 Å². The Morgan fingerprint density at radius 1 is 1.44 bits per heavy atom. The van der Waals surface area contributed by atoms with E-state index in [2.05, 4.69) is 14.9 Å². The van der Waals surface area contributed by atoms with Crippen molar-refractivity contribution < 1.29 is 23.4 Å². The van der Waals surface area contributed by atoms with Gasteiger partial charge >= 0.3 is 6.61 Å². The van der Waals surface area contributed by atoms with Gasteiger partial charge in [-0.15, -0.1) is 0 Å². The molecule has 2 atom stereocenters. The molecule has 1 saturated heterocycles. The predicted octanol–water partition coefficient (Wildman–Crippen LogP) is 2.00. The Balaban J connectivity index is 1.71. The van der Waals surface area contributed by atoms with Crippen molar-refractivity contribution in [1.29, 1.82) is 0 Å². The number of aryl methyl sites for hydroxylation is 1. The van der Waals surface area contributed by atoms with Crippen molar-refractivity contribution in [2.45, 2.75) is 26.1 Å². The highest BCUT2D eigenvalue weighted by Gasteiger charge is 2.35. The van der Waals surface area contributed by atoms with Gasteiger partial charge in [0.2, 0.25) is 0 Å². The van der Waals surface area contributed by atoms with Gasteiger partial charge < -0.3 is 14.7 Å². The number of H-pyrrole nitrogens is 1. The number of para-hydroxylation sites is 1. The molecule has 2 aromatic rings. The molecule has 25 heavy (non-hydrogen) atoms. The Labute approximate surface area is 143 Å². The van der Waals surface area contributed by atoms with Crippen LogP contribution in [0.3, 0.4) is 0 Å². The highest BCUT2D eigenvalue weighted by Crippen LogP contribution is 2.27. The number of carbonyl (C=O) groups excluding carboxylic acids is 1. The van der Waals surface area contributed by atoms with Gasteiger partial charge in [-0.2, -0.15) is 13.9 Å². The predicted molar refractivity (Wildman–Crippen MR) is 85.5 cm³/mol. The topological polar surface area (TPSA) is 78.5 Å². The summed E-state index contributed by atoms with van der Waals surface area (Å²) in [4.78, 5) is 14.1. The Kier molecular flexibility index (Phi) is 4.98. The molecule has 6 nitrogen and oxygen atoms in total. The first-order chi connectivity index (χ1) is 11.9. The molecule has 2 N–H and O–H groups in total. The monoisotopic (exact) mass is 351 g/mol. The van der Waals surface area contributed by atoms with E-state index in [0.29, 0.717) is 13.0 Å². The lowest BCUT2D eigenvalue weighted by Gasteiger charge is -2.18. The minimum atomic E-state index is -3.01. The quantitative estimate of drug-likeness (QED) is 0.864. The maximum absolute atomic E-state index is 12.7. The molecule has 0 unspecified atom stereocenters. The van der Waals surface area contributed by atoms with E-state index in [0.717, 1.165) is 11.4 Å². The standard InChI is InChI=1S/C17H19F2N3O3/c1-10-6-12(21-20-10)7-11-8-22(9-14(11)23)16(24)13-4-2-3-5-15(13)25-17(18)19/h2-6,11,14,17,23H,7-9H2,1H3,(H,20,21)/t11-,14+/m1/s1. The van der Waals surface area contributed by atoms with E-state index in [4.69, 9.17) is 0 Å². The van der Waals surface area contributed by atoms with E-state index < -0.39 is 18.6 Å². The number of aromatic amines is 1. The smallest absolute Gasteiger partial charge is 0.387 e. The molecule has 1 aliphatic heterocycles. The minimum Gasteiger partial charge on any atom is -0.434 e. The molecule has 0 bridgehead atoms. The Morgan fingerprint density at radius 2 is 2.20 bits per heavy atom. The molecule has 1 amide bonds. The first-order valence-corrected chi connectivity index (χ1v) is 7.96. The molecule has 1 fully saturated rings. The average molecular weight is 351 g/mol. The summed E-state index contributed by atoms with van der Waals surface area (Å²) < 4.78 is 29.4. The average Bonchev–Trinajstić information content (AvgIpc) is 3.13. The third-order valence-corrected chi connectivity index (χ3v) is 4.26. The zero-order chi connectivity index (χ0) is 18.0. The van der Waals surface area contributed by atoms with Gasteiger partial charge in [-0.1, -0.05) is 12.1 Å². The van der Waals surface area contributed by atoms with Crippen LogP contribution in [0.25, 0.3) is 0 Å². The summed E-state index contributed by atoms with van der Waals surface area (Å²) >= 11 is 0. The third-order valence-electron chi connectivity index (χ3n) is 4.26. The third kappa shape index (κ3) is 3.96. The molecule has 0 radical (unpaired) electrons. The van der Waals surface area contributed by atoms with Crippen molar-refractivity contribution in [2.24, 2.45) is 5.92 Å². The van der Waals surface area contributed by atoms with Gasteiger partial charge in [0, 0.05) is 24.7 Å². The number of hydrogen-bond acceptors (Lipinski definition) is 4. The number of amides is 1. The van der Waals surface area contributed by atoms with Crippen LogP contribution in [0, 0.1) is 12.8 Å². The van der Waals surface area contributed by atoms with Crippen LogP contribution in [-0.2, 0) is 6.42 Å². The fraction of sp³-hybridized carbons (Fsp3) is 0.412. The number of alkyl halides is 2. The van der Waals surface area contributed by atoms with Crippen molar-refractivity contribution in [3.05, 3.63) is 47.3 Å². The zero-order valence-corrected chi connectivity index (χ0v) is 13.7. The molecule has 1 aromatic heterocycles. The first-order valence-electron chi connectivity index (χ1n) is 7.96. The van der Waals surface area contributed by atoms with Gasteiger partial charge in [-0.05, 0) is 31.5 Å². The maximum atomic E-state index is 12.7. The molecule has 1 aromatic carbocycles. The van der Waals surface area contributed by atoms with E-state index >= 15 is 0 Å². The summed E-state index contributed by atoms with van der Waals surface area (Å²) in [7, 11) is 0. The molecule has 134 valence electrons. The van der Waals surface area contributed by atoms with Crippen molar-refractivity contribution in [1.82, 2.24) is 15.1 Å². The number of hydrogen-bond donors (Lipinski definition) is 2. The Hall–Kier alpha value is -2.48. The number of rotatable bonds is 5. The Bertz CT molecular complexity index is 750. The number of carbonyl (C=O) groups is 1. The lowest BCUT2D eigenvalue weighted by atomic mass is 10.0. The number of nitrogens with one attached hydrogen (secondary N) is 1. The van der Waals surface area contributed by atoms with Gasteiger partial charge in [0.15, 0.2) is 0 Å². The van der Waals surface area contributed by atoms with Crippen molar-refractivity contribution >= 4 is 5.91 Å². The van der Waals surface area contributed by atoms with Crippen molar-refractivity contribution in [2.75, 3.05) is 13.1 Å². The van der Waals surface area contributed by atoms with Crippen molar-refractivity contribution in [3.63, 3.8) is 0 Å². The van der Waals surface area contributed by atoms with Crippen LogP contribution in [0.4, 0.5) is 8.78 Å². The van der Waals surface area contributed by atoms with Crippen molar-refractivity contribution in [3.8, 4) is 5.75 Å². The largest absolute Gasteiger partial charge is 0.434 e. The lowest BCUT2D eigenvalue weighted by molar-refractivity contribution is -0.0502. The summed E-state index contributed by atoms with van der Waals surface area (Å²) in [5.41, 5.74) is 1.80. The summed E-state index contributed by atoms with van der Waals surface area (Å²) in [5, 5.41) is 17.2.